The minimum absolute atomic E-state index is 0. The first kappa shape index (κ1) is 26.8. The third kappa shape index (κ3) is 17.3. The van der Waals surface area contributed by atoms with Gasteiger partial charge in [0.05, 0.1) is 0 Å². The summed E-state index contributed by atoms with van der Waals surface area (Å²) < 4.78 is 0. The van der Waals surface area contributed by atoms with Crippen molar-refractivity contribution in [2.24, 2.45) is 0 Å². The van der Waals surface area contributed by atoms with Gasteiger partial charge < -0.3 is 31.2 Å². The summed E-state index contributed by atoms with van der Waals surface area (Å²) >= 11 is 0. The molecule has 0 amide bonds. The smallest absolute Gasteiger partial charge is 1.00 e. The van der Waals surface area contributed by atoms with Crippen molar-refractivity contribution in [1.82, 2.24) is 0 Å². The summed E-state index contributed by atoms with van der Waals surface area (Å²) in [5.74, 6) is 0. The van der Waals surface area contributed by atoms with Crippen molar-refractivity contribution >= 4 is 46.1 Å². The Balaban J connectivity index is -0.0000000810. The van der Waals surface area contributed by atoms with E-state index in [1.807, 2.05) is 18.2 Å². The number of halogens is 2. The normalized spacial score (nSPS) is 12.1. The van der Waals surface area contributed by atoms with Gasteiger partial charge in [-0.05, 0) is 0 Å². The second-order valence-electron chi connectivity index (χ2n) is 3.51. The van der Waals surface area contributed by atoms with Crippen LogP contribution >= 0.6 is 0 Å². The summed E-state index contributed by atoms with van der Waals surface area (Å²) in [6.45, 7) is 2.05. The third-order valence-electron chi connectivity index (χ3n) is 2.18. The molecule has 0 atom stereocenters. The summed E-state index contributed by atoms with van der Waals surface area (Å²) in [5.41, 5.74) is 1.27. The first-order chi connectivity index (χ1) is 6.39. The quantitative estimate of drug-likeness (QED) is 0.358. The molecule has 2 rings (SSSR count). The maximum absolute atomic E-state index is 2.96. The van der Waals surface area contributed by atoms with Crippen LogP contribution in [0.15, 0.2) is 24.3 Å². The predicted molar refractivity (Wildman–Crippen MR) is 68.9 cm³/mol. The van der Waals surface area contributed by atoms with Crippen LogP contribution in [0, 0.1) is 19.4 Å². The Kier molecular flexibility index (Phi) is 31.0. The number of aryl methyl sites for hydroxylation is 1. The number of rotatable bonds is 0. The van der Waals surface area contributed by atoms with Crippen LogP contribution in [0.4, 0.5) is 0 Å². The zero-order valence-electron chi connectivity index (χ0n) is 10.6. The van der Waals surface area contributed by atoms with Crippen LogP contribution in [0.5, 0.6) is 0 Å². The van der Waals surface area contributed by atoms with Gasteiger partial charge in [0.25, 0.3) is 0 Å². The van der Waals surface area contributed by atoms with E-state index in [0.29, 0.717) is 0 Å². The van der Waals surface area contributed by atoms with Gasteiger partial charge in [0.2, 0.25) is 0 Å². The SMILES string of the molecule is Cc1c[c-]ccc1.[CH-]1CCCCC1.[Cl-].[Cl-].[Mg+2].[Mg+2]. The van der Waals surface area contributed by atoms with E-state index in [-0.39, 0.29) is 70.9 Å². The molecule has 1 fully saturated rings. The van der Waals surface area contributed by atoms with Gasteiger partial charge in [-0.2, -0.15) is 48.7 Å². The second-order valence-corrected chi connectivity index (χ2v) is 3.51. The molecule has 0 aromatic heterocycles. The zero-order valence-corrected chi connectivity index (χ0v) is 14.9. The molecule has 1 aromatic carbocycles. The van der Waals surface area contributed by atoms with Gasteiger partial charge in [0.1, 0.15) is 0 Å². The van der Waals surface area contributed by atoms with E-state index < -0.39 is 0 Å². The van der Waals surface area contributed by atoms with E-state index >= 15 is 0 Å². The summed E-state index contributed by atoms with van der Waals surface area (Å²) in [4.78, 5) is 0. The maximum atomic E-state index is 2.96. The third-order valence-corrected chi connectivity index (χ3v) is 2.18. The Morgan fingerprint density at radius 1 is 1.06 bits per heavy atom. The van der Waals surface area contributed by atoms with Gasteiger partial charge >= 0.3 is 46.1 Å². The van der Waals surface area contributed by atoms with Crippen molar-refractivity contribution in [2.75, 3.05) is 0 Å². The molecule has 0 saturated heterocycles. The molecule has 1 saturated carbocycles. The monoisotopic (exact) mass is 292 g/mol. The van der Waals surface area contributed by atoms with Crippen molar-refractivity contribution in [3.63, 3.8) is 0 Å². The standard InChI is InChI=1S/C7H7.C6H11.2ClH.2Mg/c1-7-5-3-2-4-6-7;1-2-4-6-5-3-1;;;;/h2-3,5-6H,1H3;1H,2-6H2;2*1H;;/q2*-1;;;2*+2/p-2. The molecule has 1 aliphatic carbocycles. The minimum Gasteiger partial charge on any atom is -1.00 e. The Labute approximate surface area is 151 Å². The van der Waals surface area contributed by atoms with Crippen LogP contribution in [-0.2, 0) is 0 Å². The van der Waals surface area contributed by atoms with Crippen molar-refractivity contribution in [3.05, 3.63) is 42.3 Å². The van der Waals surface area contributed by atoms with E-state index in [2.05, 4.69) is 25.5 Å². The fourth-order valence-electron chi connectivity index (χ4n) is 1.38. The number of hydrogen-bond acceptors (Lipinski definition) is 0. The zero-order chi connectivity index (χ0) is 9.36. The van der Waals surface area contributed by atoms with Gasteiger partial charge in [-0.15, -0.1) is 0 Å². The van der Waals surface area contributed by atoms with Gasteiger partial charge in [-0.25, -0.2) is 0 Å². The predicted octanol–water partition coefficient (Wildman–Crippen LogP) is -2.80. The Bertz CT molecular complexity index is 202. The molecule has 0 radical (unpaired) electrons. The van der Waals surface area contributed by atoms with Gasteiger partial charge in [-0.1, -0.05) is 26.2 Å². The van der Waals surface area contributed by atoms with E-state index in [0.717, 1.165) is 0 Å². The largest absolute Gasteiger partial charge is 2.00 e. The molecule has 1 aliphatic rings. The Morgan fingerprint density at radius 3 is 1.82 bits per heavy atom. The second kappa shape index (κ2) is 19.7. The molecule has 0 N–H and O–H groups in total. The van der Waals surface area contributed by atoms with E-state index in [9.17, 15) is 0 Å². The van der Waals surface area contributed by atoms with E-state index in [4.69, 9.17) is 0 Å². The van der Waals surface area contributed by atoms with Crippen molar-refractivity contribution in [2.45, 2.75) is 39.0 Å². The van der Waals surface area contributed by atoms with Crippen LogP contribution in [-0.4, -0.2) is 46.1 Å². The Morgan fingerprint density at radius 2 is 1.65 bits per heavy atom. The summed E-state index contributed by atoms with van der Waals surface area (Å²) in [7, 11) is 0. The molecular formula is C13H18Cl2Mg2. The van der Waals surface area contributed by atoms with Crippen LogP contribution in [0.25, 0.3) is 0 Å². The average molecular weight is 294 g/mol. The average Bonchev–Trinajstić information content (AvgIpc) is 2.22. The van der Waals surface area contributed by atoms with Crippen molar-refractivity contribution in [3.8, 4) is 0 Å². The molecular weight excluding hydrogens is 276 g/mol. The molecule has 88 valence electrons. The van der Waals surface area contributed by atoms with Crippen LogP contribution in [0.2, 0.25) is 0 Å². The molecule has 17 heavy (non-hydrogen) atoms. The molecule has 0 unspecified atom stereocenters. The first-order valence-electron chi connectivity index (χ1n) is 5.14. The fraction of sp³-hybridized carbons (Fsp3) is 0.462. The summed E-state index contributed by atoms with van der Waals surface area (Å²) in [6.07, 6.45) is 9.50. The number of hydrogen-bond donors (Lipinski definition) is 0. The molecule has 4 heteroatoms. The van der Waals surface area contributed by atoms with Crippen molar-refractivity contribution in [1.29, 1.82) is 0 Å². The summed E-state index contributed by atoms with van der Waals surface area (Å²) in [6, 6.07) is 10.8. The fourth-order valence-corrected chi connectivity index (χ4v) is 1.38. The molecule has 0 spiro atoms. The topological polar surface area (TPSA) is 0 Å². The molecule has 0 heterocycles. The van der Waals surface area contributed by atoms with Crippen LogP contribution in [0.1, 0.15) is 37.7 Å². The molecule has 0 aliphatic heterocycles. The van der Waals surface area contributed by atoms with Gasteiger partial charge in [0, 0.05) is 0 Å². The van der Waals surface area contributed by atoms with E-state index in [1.165, 1.54) is 37.7 Å². The van der Waals surface area contributed by atoms with Crippen LogP contribution < -0.4 is 24.8 Å². The van der Waals surface area contributed by atoms with Gasteiger partial charge in [0.15, 0.2) is 0 Å². The van der Waals surface area contributed by atoms with Gasteiger partial charge in [-0.3, -0.25) is 0 Å². The minimum atomic E-state index is 0. The first-order valence-corrected chi connectivity index (χ1v) is 5.14. The Hall–Kier alpha value is 1.33. The van der Waals surface area contributed by atoms with Crippen molar-refractivity contribution < 1.29 is 24.8 Å². The van der Waals surface area contributed by atoms with E-state index in [1.54, 1.807) is 0 Å². The number of benzene rings is 1. The molecule has 0 nitrogen and oxygen atoms in total. The molecule has 1 aromatic rings. The summed E-state index contributed by atoms with van der Waals surface area (Å²) in [5, 5.41) is 0. The molecule has 0 bridgehead atoms. The van der Waals surface area contributed by atoms with Crippen LogP contribution in [0.3, 0.4) is 0 Å². The maximum Gasteiger partial charge on any atom is 2.00 e.